The zero-order valence-corrected chi connectivity index (χ0v) is 13.7. The minimum Gasteiger partial charge on any atom is -0.378 e. The number of fused-ring (bicyclic) bond motifs is 1. The van der Waals surface area contributed by atoms with Crippen molar-refractivity contribution in [2.75, 3.05) is 6.61 Å². The molecule has 2 aliphatic rings. The van der Waals surface area contributed by atoms with Gasteiger partial charge in [-0.25, -0.2) is 0 Å². The van der Waals surface area contributed by atoms with Gasteiger partial charge < -0.3 is 10.1 Å². The molecule has 0 saturated heterocycles. The minimum atomic E-state index is 0.247. The van der Waals surface area contributed by atoms with Crippen LogP contribution in [0.2, 0.25) is 0 Å². The maximum absolute atomic E-state index is 5.87. The predicted octanol–water partition coefficient (Wildman–Crippen LogP) is 4.25. The summed E-state index contributed by atoms with van der Waals surface area (Å²) >= 11 is 0. The monoisotopic (exact) mass is 287 g/mol. The van der Waals surface area contributed by atoms with E-state index in [0.717, 1.165) is 13.0 Å². The zero-order valence-electron chi connectivity index (χ0n) is 13.7. The number of aryl methyl sites for hydroxylation is 1. The Hall–Kier alpha value is -0.860. The number of nitrogens with one attached hydrogen (secondary N) is 1. The summed E-state index contributed by atoms with van der Waals surface area (Å²) in [5, 5.41) is 3.95. The molecule has 0 bridgehead atoms. The highest BCUT2D eigenvalue weighted by Gasteiger charge is 2.49. The van der Waals surface area contributed by atoms with Crippen molar-refractivity contribution >= 4 is 0 Å². The lowest BCUT2D eigenvalue weighted by Gasteiger charge is -2.53. The molecule has 0 aromatic heterocycles. The number of benzene rings is 1. The van der Waals surface area contributed by atoms with Crippen LogP contribution in [0.5, 0.6) is 0 Å². The molecule has 21 heavy (non-hydrogen) atoms. The predicted molar refractivity (Wildman–Crippen MR) is 87.5 cm³/mol. The molecule has 1 aromatic carbocycles. The number of rotatable bonds is 4. The Morgan fingerprint density at radius 3 is 2.81 bits per heavy atom. The van der Waals surface area contributed by atoms with E-state index >= 15 is 0 Å². The summed E-state index contributed by atoms with van der Waals surface area (Å²) in [6.45, 7) is 7.61. The van der Waals surface area contributed by atoms with Crippen molar-refractivity contribution in [1.29, 1.82) is 0 Å². The quantitative estimate of drug-likeness (QED) is 0.836. The van der Waals surface area contributed by atoms with Crippen molar-refractivity contribution in [2.24, 2.45) is 5.41 Å². The fraction of sp³-hybridized carbons (Fsp3) is 0.684. The molecule has 0 heterocycles. The van der Waals surface area contributed by atoms with E-state index < -0.39 is 0 Å². The van der Waals surface area contributed by atoms with Crippen molar-refractivity contribution in [3.8, 4) is 0 Å². The van der Waals surface area contributed by atoms with Crippen molar-refractivity contribution in [2.45, 2.75) is 71.1 Å². The van der Waals surface area contributed by atoms with Gasteiger partial charge in [0, 0.05) is 24.1 Å². The Bertz CT molecular complexity index is 482. The van der Waals surface area contributed by atoms with Crippen LogP contribution in [0.1, 0.15) is 63.6 Å². The van der Waals surface area contributed by atoms with Gasteiger partial charge >= 0.3 is 0 Å². The Morgan fingerprint density at radius 2 is 2.05 bits per heavy atom. The van der Waals surface area contributed by atoms with E-state index in [1.165, 1.54) is 31.2 Å². The molecule has 1 saturated carbocycles. The largest absolute Gasteiger partial charge is 0.378 e. The minimum absolute atomic E-state index is 0.247. The molecule has 2 nitrogen and oxygen atoms in total. The normalized spacial score (nSPS) is 31.1. The second-order valence-electron chi connectivity index (χ2n) is 7.22. The average molecular weight is 287 g/mol. The Kier molecular flexibility index (Phi) is 4.37. The van der Waals surface area contributed by atoms with Gasteiger partial charge in [-0.05, 0) is 43.7 Å². The van der Waals surface area contributed by atoms with Crippen LogP contribution >= 0.6 is 0 Å². The summed E-state index contributed by atoms with van der Waals surface area (Å²) in [7, 11) is 0. The van der Waals surface area contributed by atoms with Crippen LogP contribution in [0, 0.1) is 5.41 Å². The smallest absolute Gasteiger partial charge is 0.0655 e. The average Bonchev–Trinajstić information content (AvgIpc) is 2.69. The van der Waals surface area contributed by atoms with Crippen LogP contribution in [0.3, 0.4) is 0 Å². The van der Waals surface area contributed by atoms with E-state index in [0.29, 0.717) is 18.2 Å². The maximum Gasteiger partial charge on any atom is 0.0655 e. The molecule has 2 aliphatic carbocycles. The number of ether oxygens (including phenoxy) is 1. The van der Waals surface area contributed by atoms with E-state index in [4.69, 9.17) is 4.74 Å². The SMILES string of the molecule is CCOC1CC(NC2CCCCc3ccccc32)C1(C)C. The maximum atomic E-state index is 5.87. The lowest BCUT2D eigenvalue weighted by molar-refractivity contribution is -0.116. The van der Waals surface area contributed by atoms with Gasteiger partial charge in [0.2, 0.25) is 0 Å². The summed E-state index contributed by atoms with van der Waals surface area (Å²) < 4.78 is 5.87. The number of hydrogen-bond acceptors (Lipinski definition) is 2. The molecule has 0 radical (unpaired) electrons. The first-order chi connectivity index (χ1) is 10.1. The molecule has 2 heteroatoms. The molecule has 1 N–H and O–H groups in total. The van der Waals surface area contributed by atoms with E-state index in [9.17, 15) is 0 Å². The topological polar surface area (TPSA) is 21.3 Å². The molecule has 1 aromatic rings. The lowest BCUT2D eigenvalue weighted by atomic mass is 9.64. The first-order valence-electron chi connectivity index (χ1n) is 8.58. The standard InChI is InChI=1S/C19H29NO/c1-4-21-18-13-17(19(18,2)3)20-16-12-8-6-10-14-9-5-7-11-15(14)16/h5,7,9,11,16-18,20H,4,6,8,10,12-13H2,1-3H3. The van der Waals surface area contributed by atoms with E-state index in [1.807, 2.05) is 0 Å². The lowest BCUT2D eigenvalue weighted by Crippen LogP contribution is -2.61. The van der Waals surface area contributed by atoms with Crippen LogP contribution in [0.4, 0.5) is 0 Å². The van der Waals surface area contributed by atoms with Crippen LogP contribution in [0.15, 0.2) is 24.3 Å². The molecule has 0 spiro atoms. The second-order valence-corrected chi connectivity index (χ2v) is 7.22. The Labute approximate surface area is 129 Å². The van der Waals surface area contributed by atoms with Gasteiger partial charge in [-0.1, -0.05) is 44.5 Å². The molecular weight excluding hydrogens is 258 g/mol. The number of hydrogen-bond donors (Lipinski definition) is 1. The second kappa shape index (κ2) is 6.10. The van der Waals surface area contributed by atoms with Crippen molar-refractivity contribution in [1.82, 2.24) is 5.32 Å². The van der Waals surface area contributed by atoms with Gasteiger partial charge in [0.25, 0.3) is 0 Å². The van der Waals surface area contributed by atoms with Gasteiger partial charge in [0.05, 0.1) is 6.10 Å². The third-order valence-corrected chi connectivity index (χ3v) is 5.57. The third kappa shape index (κ3) is 2.89. The van der Waals surface area contributed by atoms with Crippen LogP contribution in [-0.2, 0) is 11.2 Å². The summed E-state index contributed by atoms with van der Waals surface area (Å²) in [5.41, 5.74) is 3.33. The van der Waals surface area contributed by atoms with Crippen molar-refractivity contribution < 1.29 is 4.74 Å². The highest BCUT2D eigenvalue weighted by atomic mass is 16.5. The van der Waals surface area contributed by atoms with E-state index in [-0.39, 0.29) is 5.41 Å². The summed E-state index contributed by atoms with van der Waals surface area (Å²) in [6, 6.07) is 10.1. The van der Waals surface area contributed by atoms with Gasteiger partial charge in [-0.2, -0.15) is 0 Å². The first kappa shape index (κ1) is 15.1. The Balaban J connectivity index is 1.71. The highest BCUT2D eigenvalue weighted by molar-refractivity contribution is 5.31. The summed E-state index contributed by atoms with van der Waals surface area (Å²) in [6.07, 6.45) is 6.73. The fourth-order valence-electron chi connectivity index (χ4n) is 3.99. The third-order valence-electron chi connectivity index (χ3n) is 5.57. The first-order valence-corrected chi connectivity index (χ1v) is 8.58. The molecule has 3 atom stereocenters. The molecule has 116 valence electrons. The van der Waals surface area contributed by atoms with Gasteiger partial charge in [0.1, 0.15) is 0 Å². The summed E-state index contributed by atoms with van der Waals surface area (Å²) in [5.74, 6) is 0. The van der Waals surface area contributed by atoms with Crippen LogP contribution in [0.25, 0.3) is 0 Å². The van der Waals surface area contributed by atoms with Crippen molar-refractivity contribution in [3.63, 3.8) is 0 Å². The van der Waals surface area contributed by atoms with Crippen LogP contribution in [-0.4, -0.2) is 18.8 Å². The van der Waals surface area contributed by atoms with E-state index in [2.05, 4.69) is 50.4 Å². The molecule has 0 aliphatic heterocycles. The molecule has 3 unspecified atom stereocenters. The zero-order chi connectivity index (χ0) is 14.9. The summed E-state index contributed by atoms with van der Waals surface area (Å²) in [4.78, 5) is 0. The van der Waals surface area contributed by atoms with Gasteiger partial charge in [-0.15, -0.1) is 0 Å². The highest BCUT2D eigenvalue weighted by Crippen LogP contribution is 2.44. The fourth-order valence-corrected chi connectivity index (χ4v) is 3.99. The molecule has 1 fully saturated rings. The molecular formula is C19H29NO. The van der Waals surface area contributed by atoms with Crippen LogP contribution < -0.4 is 5.32 Å². The molecule has 3 rings (SSSR count). The van der Waals surface area contributed by atoms with E-state index in [1.54, 1.807) is 5.56 Å². The van der Waals surface area contributed by atoms with Crippen molar-refractivity contribution in [3.05, 3.63) is 35.4 Å². The molecule has 0 amide bonds. The van der Waals surface area contributed by atoms with Gasteiger partial charge in [0.15, 0.2) is 0 Å². The Morgan fingerprint density at radius 1 is 1.24 bits per heavy atom. The van der Waals surface area contributed by atoms with Gasteiger partial charge in [-0.3, -0.25) is 0 Å².